The summed E-state index contributed by atoms with van der Waals surface area (Å²) in [5.41, 5.74) is 1.77. The van der Waals surface area contributed by atoms with Gasteiger partial charge in [-0.15, -0.1) is 0 Å². The Morgan fingerprint density at radius 2 is 1.79 bits per heavy atom. The van der Waals surface area contributed by atoms with Gasteiger partial charge in [0.15, 0.2) is 0 Å². The lowest BCUT2D eigenvalue weighted by atomic mass is 10.2. The number of piperazine rings is 1. The van der Waals surface area contributed by atoms with E-state index in [1.165, 1.54) is 10.6 Å². The zero-order valence-corrected chi connectivity index (χ0v) is 20.5. The zero-order valence-electron chi connectivity index (χ0n) is 19.7. The first-order valence-electron chi connectivity index (χ1n) is 12.1. The normalized spacial score (nSPS) is 19.2. The molecule has 2 aliphatic heterocycles. The Balaban J connectivity index is 1.18. The molecule has 0 aliphatic carbocycles. The van der Waals surface area contributed by atoms with Crippen LogP contribution in [0.15, 0.2) is 48.5 Å². The van der Waals surface area contributed by atoms with Crippen LogP contribution in [0.5, 0.6) is 5.75 Å². The molecule has 0 bridgehead atoms. The van der Waals surface area contributed by atoms with Crippen molar-refractivity contribution in [2.45, 2.75) is 32.2 Å². The fourth-order valence-electron chi connectivity index (χ4n) is 4.46. The lowest BCUT2D eigenvalue weighted by Gasteiger charge is -2.36. The number of halogens is 1. The highest BCUT2D eigenvalue weighted by molar-refractivity contribution is 6.30. The minimum atomic E-state index is -0.455. The number of nitrogens with zero attached hydrogens (tertiary/aromatic N) is 3. The van der Waals surface area contributed by atoms with Gasteiger partial charge in [0.2, 0.25) is 5.91 Å². The Morgan fingerprint density at radius 3 is 2.50 bits per heavy atom. The van der Waals surface area contributed by atoms with Gasteiger partial charge in [-0.05, 0) is 68.4 Å². The molecule has 2 aromatic carbocycles. The van der Waals surface area contributed by atoms with Crippen molar-refractivity contribution in [3.05, 3.63) is 53.6 Å². The number of ether oxygens (including phenoxy) is 1. The Kier molecular flexibility index (Phi) is 8.43. The van der Waals surface area contributed by atoms with E-state index < -0.39 is 6.04 Å². The molecule has 182 valence electrons. The third-order valence-electron chi connectivity index (χ3n) is 6.30. The molecule has 7 nitrogen and oxygen atoms in total. The molecule has 8 heteroatoms. The van der Waals surface area contributed by atoms with Gasteiger partial charge in [-0.2, -0.15) is 0 Å². The maximum atomic E-state index is 12.8. The van der Waals surface area contributed by atoms with Crippen molar-refractivity contribution in [1.29, 1.82) is 0 Å². The van der Waals surface area contributed by atoms with Gasteiger partial charge in [0, 0.05) is 36.9 Å². The number of rotatable bonds is 10. The van der Waals surface area contributed by atoms with Crippen LogP contribution in [-0.4, -0.2) is 68.6 Å². The molecule has 0 aromatic heterocycles. The summed E-state index contributed by atoms with van der Waals surface area (Å²) in [4.78, 5) is 31.5. The van der Waals surface area contributed by atoms with Gasteiger partial charge >= 0.3 is 0 Å². The SMILES string of the molecule is CCCOc1ccc(N2C(=O)C[C@H](NCCCN3CCN(c4cccc(Cl)c4)CC3)C2=O)cc1. The van der Waals surface area contributed by atoms with Crippen LogP contribution in [0.3, 0.4) is 0 Å². The van der Waals surface area contributed by atoms with Crippen molar-refractivity contribution in [3.63, 3.8) is 0 Å². The third-order valence-corrected chi connectivity index (χ3v) is 6.54. The molecule has 0 radical (unpaired) electrons. The maximum absolute atomic E-state index is 12.8. The smallest absolute Gasteiger partial charge is 0.251 e. The summed E-state index contributed by atoms with van der Waals surface area (Å²) < 4.78 is 5.58. The quantitative estimate of drug-likeness (QED) is 0.411. The predicted octanol–water partition coefficient (Wildman–Crippen LogP) is 3.56. The minimum Gasteiger partial charge on any atom is -0.494 e. The van der Waals surface area contributed by atoms with E-state index in [1.807, 2.05) is 25.1 Å². The second-order valence-corrected chi connectivity index (χ2v) is 9.22. The van der Waals surface area contributed by atoms with E-state index in [4.69, 9.17) is 16.3 Å². The summed E-state index contributed by atoms with van der Waals surface area (Å²) in [7, 11) is 0. The van der Waals surface area contributed by atoms with Crippen molar-refractivity contribution in [3.8, 4) is 5.75 Å². The van der Waals surface area contributed by atoms with E-state index in [0.717, 1.165) is 56.3 Å². The Labute approximate surface area is 206 Å². The van der Waals surface area contributed by atoms with Gasteiger partial charge in [0.25, 0.3) is 5.91 Å². The summed E-state index contributed by atoms with van der Waals surface area (Å²) in [6.07, 6.45) is 2.06. The van der Waals surface area contributed by atoms with E-state index in [0.29, 0.717) is 18.8 Å². The standard InChI is InChI=1S/C26H33ClN4O3/c1-2-17-34-23-9-7-21(8-10-23)31-25(32)19-24(26(31)33)28-11-4-12-29-13-15-30(16-14-29)22-6-3-5-20(27)18-22/h3,5-10,18,24,28H,2,4,11-17,19H2,1H3/t24-/m0/s1. The van der Waals surface area contributed by atoms with Crippen LogP contribution < -0.4 is 19.9 Å². The van der Waals surface area contributed by atoms with Crippen LogP contribution in [0.2, 0.25) is 5.02 Å². The molecule has 0 unspecified atom stereocenters. The summed E-state index contributed by atoms with van der Waals surface area (Å²) in [6.45, 7) is 8.31. The molecule has 4 rings (SSSR count). The largest absolute Gasteiger partial charge is 0.494 e. The molecular formula is C26H33ClN4O3. The number of hydrogen-bond acceptors (Lipinski definition) is 6. The zero-order chi connectivity index (χ0) is 23.9. The number of carbonyl (C=O) groups is 2. The van der Waals surface area contributed by atoms with Gasteiger partial charge in [-0.3, -0.25) is 14.5 Å². The lowest BCUT2D eigenvalue weighted by Crippen LogP contribution is -2.47. The molecule has 2 aromatic rings. The molecule has 2 saturated heterocycles. The van der Waals surface area contributed by atoms with Crippen molar-refractivity contribution >= 4 is 34.8 Å². The predicted molar refractivity (Wildman–Crippen MR) is 136 cm³/mol. The molecule has 34 heavy (non-hydrogen) atoms. The minimum absolute atomic E-state index is 0.165. The van der Waals surface area contributed by atoms with Gasteiger partial charge < -0.3 is 15.0 Å². The molecule has 0 saturated carbocycles. The number of carbonyl (C=O) groups excluding carboxylic acids is 2. The van der Waals surface area contributed by atoms with Crippen molar-refractivity contribution < 1.29 is 14.3 Å². The van der Waals surface area contributed by atoms with E-state index >= 15 is 0 Å². The van der Waals surface area contributed by atoms with E-state index in [-0.39, 0.29) is 18.2 Å². The number of imide groups is 1. The number of hydrogen-bond donors (Lipinski definition) is 1. The van der Waals surface area contributed by atoms with Gasteiger partial charge in [0.1, 0.15) is 5.75 Å². The van der Waals surface area contributed by atoms with Crippen molar-refractivity contribution in [2.24, 2.45) is 0 Å². The number of amides is 2. The second-order valence-electron chi connectivity index (χ2n) is 8.78. The number of anilines is 2. The molecule has 1 N–H and O–H groups in total. The van der Waals surface area contributed by atoms with E-state index in [2.05, 4.69) is 21.2 Å². The Morgan fingerprint density at radius 1 is 1.03 bits per heavy atom. The van der Waals surface area contributed by atoms with Gasteiger partial charge in [-0.25, -0.2) is 4.90 Å². The third kappa shape index (κ3) is 6.09. The number of benzene rings is 2. The second kappa shape index (κ2) is 11.7. The highest BCUT2D eigenvalue weighted by atomic mass is 35.5. The summed E-state index contributed by atoms with van der Waals surface area (Å²) >= 11 is 6.12. The van der Waals surface area contributed by atoms with Gasteiger partial charge in [0.05, 0.1) is 24.8 Å². The topological polar surface area (TPSA) is 65.1 Å². The highest BCUT2D eigenvalue weighted by Gasteiger charge is 2.39. The van der Waals surface area contributed by atoms with Crippen LogP contribution in [0, 0.1) is 0 Å². The first kappa shape index (κ1) is 24.5. The molecule has 2 aliphatic rings. The lowest BCUT2D eigenvalue weighted by molar-refractivity contribution is -0.121. The molecule has 1 atom stereocenters. The van der Waals surface area contributed by atoms with E-state index in [9.17, 15) is 9.59 Å². The Bertz CT molecular complexity index is 976. The average Bonchev–Trinajstić information content (AvgIpc) is 3.14. The average molecular weight is 485 g/mol. The van der Waals surface area contributed by atoms with Gasteiger partial charge in [-0.1, -0.05) is 24.6 Å². The molecule has 2 amide bonds. The summed E-state index contributed by atoms with van der Waals surface area (Å²) in [5.74, 6) is 0.400. The van der Waals surface area contributed by atoms with Crippen LogP contribution in [0.25, 0.3) is 0 Å². The van der Waals surface area contributed by atoms with Crippen molar-refractivity contribution in [2.75, 3.05) is 55.7 Å². The molecule has 0 spiro atoms. The van der Waals surface area contributed by atoms with Crippen LogP contribution in [0.1, 0.15) is 26.2 Å². The van der Waals surface area contributed by atoms with Crippen LogP contribution in [-0.2, 0) is 9.59 Å². The van der Waals surface area contributed by atoms with Crippen molar-refractivity contribution in [1.82, 2.24) is 10.2 Å². The van der Waals surface area contributed by atoms with Crippen LogP contribution in [0.4, 0.5) is 11.4 Å². The van der Waals surface area contributed by atoms with Crippen LogP contribution >= 0.6 is 11.6 Å². The number of nitrogens with one attached hydrogen (secondary N) is 1. The summed E-state index contributed by atoms with van der Waals surface area (Å²) in [5, 5.41) is 4.06. The maximum Gasteiger partial charge on any atom is 0.251 e. The molecular weight excluding hydrogens is 452 g/mol. The Hall–Kier alpha value is -2.61. The fourth-order valence-corrected chi connectivity index (χ4v) is 4.64. The fraction of sp³-hybridized carbons (Fsp3) is 0.462. The summed E-state index contributed by atoms with van der Waals surface area (Å²) in [6, 6.07) is 14.7. The first-order valence-corrected chi connectivity index (χ1v) is 12.5. The molecule has 2 fully saturated rings. The monoisotopic (exact) mass is 484 g/mol. The first-order chi connectivity index (χ1) is 16.5. The molecule has 2 heterocycles. The van der Waals surface area contributed by atoms with E-state index in [1.54, 1.807) is 24.3 Å². The highest BCUT2D eigenvalue weighted by Crippen LogP contribution is 2.25.